The Morgan fingerprint density at radius 3 is 2.00 bits per heavy atom. The third-order valence-electron chi connectivity index (χ3n) is 4.27. The van der Waals surface area contributed by atoms with Crippen molar-refractivity contribution in [3.8, 4) is 0 Å². The zero-order chi connectivity index (χ0) is 17.2. The molecule has 0 saturated carbocycles. The number of aliphatic carboxylic acids is 1. The summed E-state index contributed by atoms with van der Waals surface area (Å²) in [5.41, 5.74) is 0. The van der Waals surface area contributed by atoms with Crippen molar-refractivity contribution in [2.75, 3.05) is 0 Å². The highest BCUT2D eigenvalue weighted by Gasteiger charge is 2.32. The molecular formula is C19H18Br2O2Si. The lowest BCUT2D eigenvalue weighted by atomic mass is 10.0. The van der Waals surface area contributed by atoms with Crippen LogP contribution in [0.25, 0.3) is 21.5 Å². The number of hydrogen-bond donors (Lipinski definition) is 1. The molecule has 0 aliphatic heterocycles. The number of carboxylic acids is 1. The van der Waals surface area contributed by atoms with Gasteiger partial charge in [0.1, 0.15) is 0 Å². The monoisotopic (exact) mass is 464 g/mol. The van der Waals surface area contributed by atoms with Gasteiger partial charge in [-0.1, -0.05) is 55.0 Å². The highest BCUT2D eigenvalue weighted by molar-refractivity contribution is 9.51. The molecule has 0 unspecified atom stereocenters. The van der Waals surface area contributed by atoms with Crippen molar-refractivity contribution in [1.82, 2.24) is 0 Å². The van der Waals surface area contributed by atoms with Crippen LogP contribution in [0.2, 0.25) is 6.04 Å². The summed E-state index contributed by atoms with van der Waals surface area (Å²) in [6.45, 7) is 0. The number of fused-ring (bicyclic) bond motifs is 2. The van der Waals surface area contributed by atoms with E-state index in [-0.39, 0.29) is 6.42 Å². The fourth-order valence-electron chi connectivity index (χ4n) is 3.16. The minimum atomic E-state index is -2.05. The van der Waals surface area contributed by atoms with Crippen molar-refractivity contribution < 1.29 is 9.90 Å². The molecule has 0 amide bonds. The largest absolute Gasteiger partial charge is 0.481 e. The van der Waals surface area contributed by atoms with Crippen LogP contribution in [0, 0.1) is 0 Å². The predicted molar refractivity (Wildman–Crippen MR) is 111 cm³/mol. The maximum atomic E-state index is 10.7. The summed E-state index contributed by atoms with van der Waals surface area (Å²) in [6.07, 6.45) is 1.84. The van der Waals surface area contributed by atoms with Crippen LogP contribution in [0.1, 0.15) is 19.3 Å². The number of rotatable bonds is 6. The molecule has 0 radical (unpaired) electrons. The topological polar surface area (TPSA) is 37.3 Å². The molecule has 0 heterocycles. The van der Waals surface area contributed by atoms with Crippen LogP contribution in [-0.4, -0.2) is 16.4 Å². The summed E-state index contributed by atoms with van der Waals surface area (Å²) in [6, 6.07) is 20.2. The van der Waals surface area contributed by atoms with E-state index in [0.29, 0.717) is 6.42 Å². The minimum Gasteiger partial charge on any atom is -0.481 e. The Kier molecular flexibility index (Phi) is 5.42. The Balaban J connectivity index is 2.06. The number of carboxylic acid groups (broad SMARTS) is 1. The molecule has 24 heavy (non-hydrogen) atoms. The smallest absolute Gasteiger partial charge is 0.303 e. The van der Waals surface area contributed by atoms with Crippen molar-refractivity contribution >= 4 is 68.6 Å². The van der Waals surface area contributed by atoms with E-state index in [4.69, 9.17) is 5.11 Å². The molecule has 0 bridgehead atoms. The van der Waals surface area contributed by atoms with Gasteiger partial charge < -0.3 is 5.11 Å². The van der Waals surface area contributed by atoms with Gasteiger partial charge in [0, 0.05) is 6.42 Å². The molecule has 3 rings (SSSR count). The molecule has 0 aromatic heterocycles. The highest BCUT2D eigenvalue weighted by Crippen LogP contribution is 2.34. The first-order valence-corrected chi connectivity index (χ1v) is 14.7. The van der Waals surface area contributed by atoms with E-state index in [9.17, 15) is 4.79 Å². The van der Waals surface area contributed by atoms with E-state index in [2.05, 4.69) is 85.2 Å². The lowest BCUT2D eigenvalue weighted by Crippen LogP contribution is -2.36. The molecule has 0 saturated heterocycles. The number of hydrogen-bond acceptors (Lipinski definition) is 1. The summed E-state index contributed by atoms with van der Waals surface area (Å²) >= 11 is 8.02. The number of carbonyl (C=O) groups is 1. The summed E-state index contributed by atoms with van der Waals surface area (Å²) in [7, 11) is 0. The van der Waals surface area contributed by atoms with E-state index in [1.54, 1.807) is 0 Å². The summed E-state index contributed by atoms with van der Waals surface area (Å²) < 4.78 is 0. The van der Waals surface area contributed by atoms with Gasteiger partial charge in [-0.3, -0.25) is 4.79 Å². The molecule has 0 aliphatic carbocycles. The predicted octanol–water partition coefficient (Wildman–Crippen LogP) is 5.69. The molecular weight excluding hydrogens is 448 g/mol. The normalized spacial score (nSPS) is 11.9. The fraction of sp³-hybridized carbons (Fsp3) is 0.211. The second kappa shape index (κ2) is 7.38. The lowest BCUT2D eigenvalue weighted by molar-refractivity contribution is -0.137. The average Bonchev–Trinajstić information content (AvgIpc) is 2.56. The van der Waals surface area contributed by atoms with Crippen molar-refractivity contribution in [2.45, 2.75) is 25.3 Å². The first-order chi connectivity index (χ1) is 11.5. The van der Waals surface area contributed by atoms with E-state index < -0.39 is 11.3 Å². The van der Waals surface area contributed by atoms with Crippen LogP contribution >= 0.6 is 30.6 Å². The van der Waals surface area contributed by atoms with Gasteiger partial charge in [-0.2, -0.15) is 0 Å². The third-order valence-corrected chi connectivity index (χ3v) is 11.3. The molecule has 0 atom stereocenters. The molecule has 0 fully saturated rings. The van der Waals surface area contributed by atoms with E-state index in [1.807, 2.05) is 0 Å². The quantitative estimate of drug-likeness (QED) is 0.220. The van der Waals surface area contributed by atoms with Crippen molar-refractivity contribution in [1.29, 1.82) is 0 Å². The van der Waals surface area contributed by atoms with Crippen molar-refractivity contribution in [3.05, 3.63) is 54.6 Å². The zero-order valence-electron chi connectivity index (χ0n) is 13.1. The Labute approximate surface area is 158 Å². The van der Waals surface area contributed by atoms with Gasteiger partial charge in [-0.25, -0.2) is 0 Å². The maximum absolute atomic E-state index is 10.7. The summed E-state index contributed by atoms with van der Waals surface area (Å²) in [4.78, 5) is 10.7. The standard InChI is InChI=1S/C19H18Br2O2Si/c20-24(21,12-6-5-11-18(22)23)19-16-9-3-1-7-14(16)13-15-8-2-4-10-17(15)19/h1-4,7-10,13H,5-6,11-12H2,(H,22,23). The van der Waals surface area contributed by atoms with Gasteiger partial charge >= 0.3 is 5.97 Å². The van der Waals surface area contributed by atoms with Crippen LogP contribution in [0.15, 0.2) is 54.6 Å². The number of benzene rings is 3. The molecule has 0 aliphatic rings. The second-order valence-electron chi connectivity index (χ2n) is 6.00. The van der Waals surface area contributed by atoms with Gasteiger partial charge in [0.15, 0.2) is 0 Å². The molecule has 3 aromatic carbocycles. The summed E-state index contributed by atoms with van der Waals surface area (Å²) in [5.74, 6) is -0.720. The Hall–Kier alpha value is -1.17. The minimum absolute atomic E-state index is 0.237. The maximum Gasteiger partial charge on any atom is 0.303 e. The molecule has 124 valence electrons. The molecule has 2 nitrogen and oxygen atoms in total. The average molecular weight is 466 g/mol. The third kappa shape index (κ3) is 3.73. The van der Waals surface area contributed by atoms with Crippen LogP contribution in [-0.2, 0) is 4.79 Å². The fourth-order valence-corrected chi connectivity index (χ4v) is 9.59. The van der Waals surface area contributed by atoms with Gasteiger partial charge in [-0.15, -0.1) is 30.6 Å². The number of halogens is 2. The van der Waals surface area contributed by atoms with Crippen LogP contribution in [0.5, 0.6) is 0 Å². The van der Waals surface area contributed by atoms with Gasteiger partial charge in [-0.05, 0) is 45.3 Å². The Bertz CT molecular complexity index is 839. The van der Waals surface area contributed by atoms with Crippen LogP contribution in [0.3, 0.4) is 0 Å². The summed E-state index contributed by atoms with van der Waals surface area (Å²) in [5, 5.41) is 13.2. The zero-order valence-corrected chi connectivity index (χ0v) is 17.3. The first-order valence-electron chi connectivity index (χ1n) is 7.99. The highest BCUT2D eigenvalue weighted by atomic mass is 79.9. The Morgan fingerprint density at radius 2 is 1.46 bits per heavy atom. The molecule has 3 aromatic rings. The first kappa shape index (κ1) is 17.6. The lowest BCUT2D eigenvalue weighted by Gasteiger charge is -2.23. The SMILES string of the molecule is O=C(O)CCCC[Si](Br)(Br)c1c2ccccc2cc2ccccc12. The Morgan fingerprint density at radius 1 is 0.917 bits per heavy atom. The van der Waals surface area contributed by atoms with Gasteiger partial charge in [0.05, 0.1) is 0 Å². The van der Waals surface area contributed by atoms with E-state index in [1.165, 1.54) is 26.7 Å². The van der Waals surface area contributed by atoms with E-state index in [0.717, 1.165) is 12.5 Å². The second-order valence-corrected chi connectivity index (χ2v) is 19.7. The van der Waals surface area contributed by atoms with Crippen LogP contribution < -0.4 is 5.19 Å². The van der Waals surface area contributed by atoms with Gasteiger partial charge in [0.2, 0.25) is 5.31 Å². The molecule has 1 N–H and O–H groups in total. The molecule has 0 spiro atoms. The van der Waals surface area contributed by atoms with E-state index >= 15 is 0 Å². The van der Waals surface area contributed by atoms with Gasteiger partial charge in [0.25, 0.3) is 0 Å². The number of unbranched alkanes of at least 4 members (excludes halogenated alkanes) is 1. The molecule has 5 heteroatoms. The van der Waals surface area contributed by atoms with Crippen molar-refractivity contribution in [3.63, 3.8) is 0 Å². The van der Waals surface area contributed by atoms with Crippen molar-refractivity contribution in [2.24, 2.45) is 0 Å². The van der Waals surface area contributed by atoms with Crippen LogP contribution in [0.4, 0.5) is 0 Å².